The van der Waals surface area contributed by atoms with Crippen molar-refractivity contribution in [2.45, 2.75) is 95.4 Å². The molecular weight excluding hydrogens is 494 g/mol. The molecule has 2 aromatic rings. The van der Waals surface area contributed by atoms with Crippen molar-refractivity contribution >= 4 is 23.6 Å². The Morgan fingerprint density at radius 2 is 2.03 bits per heavy atom. The molecule has 7 heteroatoms. The molecule has 6 rings (SSSR count). The summed E-state index contributed by atoms with van der Waals surface area (Å²) in [6, 6.07) is 5.66. The summed E-state index contributed by atoms with van der Waals surface area (Å²) in [6.45, 7) is 11.0. The minimum absolute atomic E-state index is 0.0859. The van der Waals surface area contributed by atoms with Crippen LogP contribution in [-0.2, 0) is 16.8 Å². The Morgan fingerprint density at radius 1 is 1.24 bits per heavy atom. The van der Waals surface area contributed by atoms with Crippen molar-refractivity contribution < 1.29 is 15.0 Å². The van der Waals surface area contributed by atoms with Crippen LogP contribution in [0.4, 0.5) is 0 Å². The van der Waals surface area contributed by atoms with Crippen LogP contribution < -0.4 is 0 Å². The molecule has 0 aromatic carbocycles. The molecule has 0 radical (unpaired) electrons. The number of thioether (sulfide) groups is 1. The third-order valence-electron chi connectivity index (χ3n) is 10.7. The van der Waals surface area contributed by atoms with Gasteiger partial charge in [-0.25, -0.2) is 4.98 Å². The number of pyridine rings is 1. The number of fused-ring (bicyclic) bond motifs is 6. The van der Waals surface area contributed by atoms with Crippen molar-refractivity contribution in [3.05, 3.63) is 47.4 Å². The molecule has 2 aromatic heterocycles. The number of carbonyl (C=O) groups excluding carboxylic acids is 1. The molecule has 3 saturated carbocycles. The van der Waals surface area contributed by atoms with Crippen LogP contribution in [0, 0.1) is 28.6 Å². The van der Waals surface area contributed by atoms with Gasteiger partial charge in [0.25, 0.3) is 0 Å². The second-order valence-electron chi connectivity index (χ2n) is 13.7. The zero-order valence-electron chi connectivity index (χ0n) is 23.3. The first kappa shape index (κ1) is 26.3. The predicted molar refractivity (Wildman–Crippen MR) is 150 cm³/mol. The molecule has 38 heavy (non-hydrogen) atoms. The Bertz CT molecular complexity index is 1280. The van der Waals surface area contributed by atoms with Gasteiger partial charge in [0, 0.05) is 11.6 Å². The van der Waals surface area contributed by atoms with Crippen LogP contribution >= 0.6 is 11.8 Å². The lowest BCUT2D eigenvalue weighted by atomic mass is 9.45. The molecule has 2 heterocycles. The van der Waals surface area contributed by atoms with E-state index in [4.69, 9.17) is 5.10 Å². The fourth-order valence-corrected chi connectivity index (χ4v) is 9.70. The number of rotatable bonds is 4. The second kappa shape index (κ2) is 8.77. The van der Waals surface area contributed by atoms with E-state index >= 15 is 0 Å². The van der Waals surface area contributed by atoms with Gasteiger partial charge in [0.1, 0.15) is 5.60 Å². The third-order valence-corrected chi connectivity index (χ3v) is 11.6. The van der Waals surface area contributed by atoms with Gasteiger partial charge in [0.2, 0.25) is 0 Å². The van der Waals surface area contributed by atoms with E-state index in [1.807, 2.05) is 24.4 Å². The van der Waals surface area contributed by atoms with Crippen LogP contribution in [-0.4, -0.2) is 48.2 Å². The lowest BCUT2D eigenvalue weighted by Crippen LogP contribution is -2.62. The fourth-order valence-electron chi connectivity index (χ4n) is 8.87. The summed E-state index contributed by atoms with van der Waals surface area (Å²) in [6.07, 6.45) is 10.2. The van der Waals surface area contributed by atoms with E-state index in [-0.39, 0.29) is 40.2 Å². The number of ketones is 1. The Labute approximate surface area is 230 Å². The maximum Gasteiger partial charge on any atom is 0.175 e. The molecule has 0 bridgehead atoms. The Kier molecular flexibility index (Phi) is 6.06. The Morgan fingerprint density at radius 3 is 2.74 bits per heavy atom. The molecule has 204 valence electrons. The van der Waals surface area contributed by atoms with Gasteiger partial charge in [-0.15, -0.1) is 0 Å². The number of nitrogens with zero attached hydrogens (tertiary/aromatic N) is 3. The molecule has 4 aliphatic rings. The summed E-state index contributed by atoms with van der Waals surface area (Å²) in [5.41, 5.74) is 1.65. The van der Waals surface area contributed by atoms with Crippen LogP contribution in [0.1, 0.15) is 78.0 Å². The smallest absolute Gasteiger partial charge is 0.175 e. The highest BCUT2D eigenvalue weighted by Gasteiger charge is 2.68. The zero-order chi connectivity index (χ0) is 27.1. The minimum atomic E-state index is -1.41. The topological polar surface area (TPSA) is 88.2 Å². The van der Waals surface area contributed by atoms with Gasteiger partial charge in [0.05, 0.1) is 34.3 Å². The van der Waals surface area contributed by atoms with Crippen molar-refractivity contribution in [3.8, 4) is 0 Å². The van der Waals surface area contributed by atoms with E-state index in [0.717, 1.165) is 30.7 Å². The fraction of sp³-hybridized carbons (Fsp3) is 0.645. The molecule has 3 fully saturated rings. The summed E-state index contributed by atoms with van der Waals surface area (Å²) in [7, 11) is 0. The molecule has 0 amide bonds. The van der Waals surface area contributed by atoms with E-state index in [9.17, 15) is 15.0 Å². The van der Waals surface area contributed by atoms with Gasteiger partial charge in [-0.3, -0.25) is 9.48 Å². The molecular formula is C31H41N3O3S. The van der Waals surface area contributed by atoms with Crippen molar-refractivity contribution in [3.63, 3.8) is 0 Å². The number of carbonyl (C=O) groups is 1. The first-order chi connectivity index (χ1) is 17.9. The molecule has 6 nitrogen and oxygen atoms in total. The zero-order valence-corrected chi connectivity index (χ0v) is 24.1. The SMILES string of the molecule is CC12Cc3cnn(C(C)(C)C)c3C=C1CCC1C2C(O)CC2(C)C1CCC2(O)C(=O)CSc1ccccn1. The lowest BCUT2D eigenvalue weighted by molar-refractivity contribution is -0.177. The average Bonchev–Trinajstić information content (AvgIpc) is 3.39. The number of aromatic nitrogens is 3. The maximum absolute atomic E-state index is 13.6. The summed E-state index contributed by atoms with van der Waals surface area (Å²) in [4.78, 5) is 17.9. The van der Waals surface area contributed by atoms with Crippen molar-refractivity contribution in [1.82, 2.24) is 14.8 Å². The maximum atomic E-state index is 13.6. The first-order valence-corrected chi connectivity index (χ1v) is 15.1. The van der Waals surface area contributed by atoms with Gasteiger partial charge < -0.3 is 10.2 Å². The summed E-state index contributed by atoms with van der Waals surface area (Å²) >= 11 is 1.39. The highest BCUT2D eigenvalue weighted by atomic mass is 32.2. The van der Waals surface area contributed by atoms with E-state index in [0.29, 0.717) is 12.8 Å². The standard InChI is InChI=1S/C31H41N3O3S/c1-28(2,3)34-23-14-20-9-10-21-22-11-12-31(37,25(36)18-38-26-8-6-7-13-32-26)30(22,5)16-24(35)27(21)29(20,4)15-19(23)17-33-34/h6-8,13-14,17,21-22,24,27,35,37H,9-12,15-16,18H2,1-5H3. The van der Waals surface area contributed by atoms with Crippen molar-refractivity contribution in [2.24, 2.45) is 28.6 Å². The van der Waals surface area contributed by atoms with Gasteiger partial charge >= 0.3 is 0 Å². The average molecular weight is 536 g/mol. The van der Waals surface area contributed by atoms with Crippen LogP contribution in [0.3, 0.4) is 0 Å². The van der Waals surface area contributed by atoms with Crippen LogP contribution in [0.15, 0.2) is 41.2 Å². The minimum Gasteiger partial charge on any atom is -0.393 e. The number of hydrogen-bond acceptors (Lipinski definition) is 6. The largest absolute Gasteiger partial charge is 0.393 e. The number of hydrogen-bond donors (Lipinski definition) is 2. The Hall–Kier alpha value is -1.96. The van der Waals surface area contributed by atoms with Crippen molar-refractivity contribution in [2.75, 3.05) is 5.75 Å². The van der Waals surface area contributed by atoms with Crippen LogP contribution in [0.25, 0.3) is 6.08 Å². The molecule has 0 spiro atoms. The summed E-state index contributed by atoms with van der Waals surface area (Å²) in [5, 5.41) is 29.4. The highest BCUT2D eigenvalue weighted by Crippen LogP contribution is 2.67. The third kappa shape index (κ3) is 3.71. The highest BCUT2D eigenvalue weighted by molar-refractivity contribution is 7.99. The quantitative estimate of drug-likeness (QED) is 0.518. The molecule has 2 N–H and O–H groups in total. The van der Waals surface area contributed by atoms with Gasteiger partial charge in [-0.05, 0) is 106 Å². The van der Waals surface area contributed by atoms with E-state index in [2.05, 4.69) is 50.4 Å². The monoisotopic (exact) mass is 535 g/mol. The molecule has 7 unspecified atom stereocenters. The van der Waals surface area contributed by atoms with E-state index in [1.165, 1.54) is 28.6 Å². The van der Waals surface area contributed by atoms with E-state index < -0.39 is 17.1 Å². The first-order valence-electron chi connectivity index (χ1n) is 14.1. The normalized spacial score (nSPS) is 38.0. The number of allylic oxidation sites excluding steroid dienone is 1. The summed E-state index contributed by atoms with van der Waals surface area (Å²) < 4.78 is 2.14. The van der Waals surface area contributed by atoms with Gasteiger partial charge in [-0.1, -0.05) is 37.2 Å². The summed E-state index contributed by atoms with van der Waals surface area (Å²) in [5.74, 6) is 0.707. The van der Waals surface area contributed by atoms with E-state index in [1.54, 1.807) is 6.20 Å². The van der Waals surface area contributed by atoms with Crippen LogP contribution in [0.2, 0.25) is 0 Å². The lowest BCUT2D eigenvalue weighted by Gasteiger charge is -2.60. The number of aliphatic hydroxyl groups excluding tert-OH is 1. The molecule has 0 aliphatic heterocycles. The second-order valence-corrected chi connectivity index (χ2v) is 14.7. The number of Topliss-reactive ketones (excluding diaryl/α,β-unsaturated/α-hetero) is 1. The van der Waals surface area contributed by atoms with Gasteiger partial charge in [0.15, 0.2) is 5.78 Å². The van der Waals surface area contributed by atoms with Crippen molar-refractivity contribution in [1.29, 1.82) is 0 Å². The number of aliphatic hydroxyl groups is 2. The molecule has 4 aliphatic carbocycles. The van der Waals surface area contributed by atoms with Crippen LogP contribution in [0.5, 0.6) is 0 Å². The molecule has 0 saturated heterocycles. The Balaban J connectivity index is 1.28. The molecule has 7 atom stereocenters. The van der Waals surface area contributed by atoms with Gasteiger partial charge in [-0.2, -0.15) is 5.10 Å². The predicted octanol–water partition coefficient (Wildman–Crippen LogP) is 5.28.